The highest BCUT2D eigenvalue weighted by Crippen LogP contribution is 2.44. The molecule has 0 radical (unpaired) electrons. The Labute approximate surface area is 158 Å². The van der Waals surface area contributed by atoms with Gasteiger partial charge in [0.15, 0.2) is 23.0 Å². The monoisotopic (exact) mass is 369 g/mol. The normalized spacial score (nSPS) is 17.6. The van der Waals surface area contributed by atoms with E-state index in [1.165, 1.54) is 5.56 Å². The van der Waals surface area contributed by atoms with E-state index in [0.29, 0.717) is 29.4 Å². The summed E-state index contributed by atoms with van der Waals surface area (Å²) >= 11 is 0. The molecule has 2 aliphatic rings. The second-order valence-electron chi connectivity index (χ2n) is 6.74. The minimum absolute atomic E-state index is 0.0216. The third-order valence-electron chi connectivity index (χ3n) is 5.52. The van der Waals surface area contributed by atoms with Crippen LogP contribution in [0.5, 0.6) is 23.0 Å². The lowest BCUT2D eigenvalue weighted by Gasteiger charge is -2.41. The number of methoxy groups -OCH3 is 4. The number of rotatable bonds is 4. The molecule has 0 N–H and O–H groups in total. The zero-order valence-electron chi connectivity index (χ0n) is 16.0. The standard InChI is InChI=1S/C21H23NO5/c1-24-17-8-12-5-6-22-16(14(12)10-19(17)26-3)7-13-9-18(25-2)20(27-4)11-15(13)21(22)23/h8-11,16H,5-7H2,1-4H3. The fraction of sp³-hybridized carbons (Fsp3) is 0.381. The molecule has 4 rings (SSSR count). The summed E-state index contributed by atoms with van der Waals surface area (Å²) in [5.41, 5.74) is 3.98. The van der Waals surface area contributed by atoms with E-state index in [0.717, 1.165) is 29.7 Å². The van der Waals surface area contributed by atoms with E-state index in [1.54, 1.807) is 34.5 Å². The van der Waals surface area contributed by atoms with Gasteiger partial charge in [-0.25, -0.2) is 0 Å². The van der Waals surface area contributed by atoms with Crippen LogP contribution in [0.15, 0.2) is 24.3 Å². The SMILES string of the molecule is COc1cc2c(cc1OC)C(=O)N1CCc3cc(OC)c(OC)cc3C1C2. The number of carbonyl (C=O) groups excluding carboxylic acids is 1. The van der Waals surface area contributed by atoms with Gasteiger partial charge >= 0.3 is 0 Å². The molecule has 0 aliphatic carbocycles. The maximum Gasteiger partial charge on any atom is 0.254 e. The van der Waals surface area contributed by atoms with Crippen LogP contribution in [0, 0.1) is 0 Å². The summed E-state index contributed by atoms with van der Waals surface area (Å²) in [4.78, 5) is 15.1. The van der Waals surface area contributed by atoms with Gasteiger partial charge in [-0.1, -0.05) is 0 Å². The van der Waals surface area contributed by atoms with Gasteiger partial charge in [0, 0.05) is 12.1 Å². The van der Waals surface area contributed by atoms with Gasteiger partial charge in [-0.15, -0.1) is 0 Å². The summed E-state index contributed by atoms with van der Waals surface area (Å²) in [6.45, 7) is 0.680. The van der Waals surface area contributed by atoms with Crippen molar-refractivity contribution in [3.05, 3.63) is 46.5 Å². The van der Waals surface area contributed by atoms with Crippen molar-refractivity contribution in [1.29, 1.82) is 0 Å². The van der Waals surface area contributed by atoms with E-state index >= 15 is 0 Å². The molecule has 6 nitrogen and oxygen atoms in total. The zero-order chi connectivity index (χ0) is 19.1. The number of carbonyl (C=O) groups is 1. The fourth-order valence-corrected chi connectivity index (χ4v) is 4.14. The lowest BCUT2D eigenvalue weighted by Crippen LogP contribution is -2.44. The first kappa shape index (κ1) is 17.5. The fourth-order valence-electron chi connectivity index (χ4n) is 4.14. The molecule has 6 heteroatoms. The molecule has 0 saturated carbocycles. The topological polar surface area (TPSA) is 57.2 Å². The average Bonchev–Trinajstić information content (AvgIpc) is 2.71. The summed E-state index contributed by atoms with van der Waals surface area (Å²) in [7, 11) is 6.45. The van der Waals surface area contributed by atoms with E-state index in [-0.39, 0.29) is 11.9 Å². The third kappa shape index (κ3) is 2.67. The minimum atomic E-state index is -0.0216. The minimum Gasteiger partial charge on any atom is -0.493 e. The van der Waals surface area contributed by atoms with Gasteiger partial charge in [0.2, 0.25) is 0 Å². The summed E-state index contributed by atoms with van der Waals surface area (Å²) in [6.07, 6.45) is 1.52. The molecule has 1 atom stereocenters. The maximum absolute atomic E-state index is 13.2. The highest BCUT2D eigenvalue weighted by molar-refractivity contribution is 5.98. The predicted octanol–water partition coefficient (Wildman–Crippen LogP) is 3.02. The van der Waals surface area contributed by atoms with Crippen molar-refractivity contribution >= 4 is 5.91 Å². The highest BCUT2D eigenvalue weighted by Gasteiger charge is 2.38. The molecular weight excluding hydrogens is 346 g/mol. The zero-order valence-corrected chi connectivity index (χ0v) is 16.0. The van der Waals surface area contributed by atoms with Gasteiger partial charge < -0.3 is 23.8 Å². The summed E-state index contributed by atoms with van der Waals surface area (Å²) in [5.74, 6) is 2.65. The Morgan fingerprint density at radius 3 is 2.00 bits per heavy atom. The average molecular weight is 369 g/mol. The molecule has 2 aromatic rings. The van der Waals surface area contributed by atoms with Gasteiger partial charge in [0.05, 0.1) is 34.5 Å². The smallest absolute Gasteiger partial charge is 0.254 e. The molecule has 142 valence electrons. The number of benzene rings is 2. The van der Waals surface area contributed by atoms with Crippen molar-refractivity contribution in [1.82, 2.24) is 4.90 Å². The van der Waals surface area contributed by atoms with E-state index in [9.17, 15) is 4.79 Å². The number of hydrogen-bond donors (Lipinski definition) is 0. The van der Waals surface area contributed by atoms with Gasteiger partial charge in [-0.05, 0) is 53.8 Å². The predicted molar refractivity (Wildman–Crippen MR) is 100 cm³/mol. The van der Waals surface area contributed by atoms with Crippen LogP contribution in [0.25, 0.3) is 0 Å². The first-order chi connectivity index (χ1) is 13.1. The Bertz CT molecular complexity index is 908. The molecule has 2 aromatic carbocycles. The maximum atomic E-state index is 13.2. The van der Waals surface area contributed by atoms with Gasteiger partial charge in [-0.2, -0.15) is 0 Å². The van der Waals surface area contributed by atoms with Crippen LogP contribution in [0.4, 0.5) is 0 Å². The molecule has 0 spiro atoms. The number of hydrogen-bond acceptors (Lipinski definition) is 5. The lowest BCUT2D eigenvalue weighted by molar-refractivity contribution is 0.0630. The molecule has 27 heavy (non-hydrogen) atoms. The quantitative estimate of drug-likeness (QED) is 0.829. The highest BCUT2D eigenvalue weighted by atomic mass is 16.5. The second-order valence-corrected chi connectivity index (χ2v) is 6.74. The third-order valence-corrected chi connectivity index (χ3v) is 5.52. The molecule has 2 aliphatic heterocycles. The molecule has 0 aromatic heterocycles. The van der Waals surface area contributed by atoms with Crippen molar-refractivity contribution < 1.29 is 23.7 Å². The number of fused-ring (bicyclic) bond motifs is 4. The van der Waals surface area contributed by atoms with Crippen LogP contribution in [0.1, 0.15) is 33.1 Å². The molecular formula is C21H23NO5. The molecule has 0 bridgehead atoms. The van der Waals surface area contributed by atoms with Gasteiger partial charge in [0.1, 0.15) is 0 Å². The summed E-state index contributed by atoms with van der Waals surface area (Å²) < 4.78 is 21.7. The summed E-state index contributed by atoms with van der Waals surface area (Å²) in [5, 5.41) is 0. The van der Waals surface area contributed by atoms with Crippen molar-refractivity contribution in [3.63, 3.8) is 0 Å². The van der Waals surface area contributed by atoms with Crippen molar-refractivity contribution in [3.8, 4) is 23.0 Å². The summed E-state index contributed by atoms with van der Waals surface area (Å²) in [6, 6.07) is 7.71. The van der Waals surface area contributed by atoms with E-state index in [1.807, 2.05) is 23.1 Å². The van der Waals surface area contributed by atoms with Crippen molar-refractivity contribution in [2.45, 2.75) is 18.9 Å². The Morgan fingerprint density at radius 1 is 0.815 bits per heavy atom. The van der Waals surface area contributed by atoms with Gasteiger partial charge in [-0.3, -0.25) is 4.79 Å². The molecule has 0 saturated heterocycles. The Kier molecular flexibility index (Phi) is 4.34. The largest absolute Gasteiger partial charge is 0.493 e. The Hall–Kier alpha value is -2.89. The van der Waals surface area contributed by atoms with Gasteiger partial charge in [0.25, 0.3) is 5.91 Å². The number of ether oxygens (including phenoxy) is 4. The van der Waals surface area contributed by atoms with Crippen LogP contribution in [-0.2, 0) is 12.8 Å². The van der Waals surface area contributed by atoms with Crippen LogP contribution >= 0.6 is 0 Å². The molecule has 1 unspecified atom stereocenters. The first-order valence-electron chi connectivity index (χ1n) is 8.92. The van der Waals surface area contributed by atoms with Crippen LogP contribution in [0.2, 0.25) is 0 Å². The van der Waals surface area contributed by atoms with Crippen molar-refractivity contribution in [2.24, 2.45) is 0 Å². The van der Waals surface area contributed by atoms with Crippen LogP contribution < -0.4 is 18.9 Å². The van der Waals surface area contributed by atoms with E-state index in [4.69, 9.17) is 18.9 Å². The Balaban J connectivity index is 1.81. The number of amides is 1. The first-order valence-corrected chi connectivity index (χ1v) is 8.92. The van der Waals surface area contributed by atoms with Crippen LogP contribution in [-0.4, -0.2) is 45.8 Å². The number of nitrogens with zero attached hydrogens (tertiary/aromatic N) is 1. The van der Waals surface area contributed by atoms with E-state index in [2.05, 4.69) is 0 Å². The van der Waals surface area contributed by atoms with E-state index < -0.39 is 0 Å². The van der Waals surface area contributed by atoms with Crippen LogP contribution in [0.3, 0.4) is 0 Å². The Morgan fingerprint density at radius 2 is 1.37 bits per heavy atom. The molecule has 1 amide bonds. The molecule has 0 fully saturated rings. The molecule has 2 heterocycles. The lowest BCUT2D eigenvalue weighted by atomic mass is 9.83. The van der Waals surface area contributed by atoms with Crippen molar-refractivity contribution in [2.75, 3.05) is 35.0 Å². The second kappa shape index (κ2) is 6.68.